The highest BCUT2D eigenvalue weighted by atomic mass is 19.1. The first-order valence-electron chi connectivity index (χ1n) is 5.25. The van der Waals surface area contributed by atoms with Crippen LogP contribution >= 0.6 is 0 Å². The molecule has 0 aliphatic carbocycles. The molecule has 0 spiro atoms. The minimum absolute atomic E-state index is 0.174. The normalized spacial score (nSPS) is 10.9. The van der Waals surface area contributed by atoms with E-state index in [1.165, 1.54) is 0 Å². The predicted molar refractivity (Wildman–Crippen MR) is 66.5 cm³/mol. The molecule has 0 amide bonds. The molecule has 0 N–H and O–H groups in total. The van der Waals surface area contributed by atoms with Gasteiger partial charge in [0.05, 0.1) is 0 Å². The van der Waals surface area contributed by atoms with E-state index in [0.29, 0.717) is 5.56 Å². The van der Waals surface area contributed by atoms with Gasteiger partial charge in [0.2, 0.25) is 0 Å². The third-order valence-electron chi connectivity index (χ3n) is 2.41. The molecular weight excluding hydrogens is 199 g/mol. The van der Waals surface area contributed by atoms with Crippen molar-refractivity contribution in [1.29, 1.82) is 0 Å². The molecule has 0 nitrogen and oxygen atoms in total. The summed E-state index contributed by atoms with van der Waals surface area (Å²) in [5.74, 6) is -0.174. The molecule has 2 rings (SSSR count). The first kappa shape index (κ1) is 10.6. The molecule has 0 aliphatic rings. The van der Waals surface area contributed by atoms with Crippen LogP contribution in [0, 0.1) is 12.7 Å². The van der Waals surface area contributed by atoms with Crippen LogP contribution in [0.4, 0.5) is 4.39 Å². The number of hydrogen-bond donors (Lipinski definition) is 0. The molecule has 0 aromatic heterocycles. The van der Waals surface area contributed by atoms with Gasteiger partial charge >= 0.3 is 0 Å². The van der Waals surface area contributed by atoms with Crippen molar-refractivity contribution in [2.24, 2.45) is 0 Å². The Bertz CT molecular complexity index is 498. The van der Waals surface area contributed by atoms with E-state index in [0.717, 1.165) is 11.1 Å². The smallest absolute Gasteiger partial charge is 0.130 e. The quantitative estimate of drug-likeness (QED) is 0.651. The van der Waals surface area contributed by atoms with E-state index in [1.807, 2.05) is 49.4 Å². The highest BCUT2D eigenvalue weighted by Gasteiger charge is 1.97. The summed E-state index contributed by atoms with van der Waals surface area (Å²) in [6.45, 7) is 1.88. The van der Waals surface area contributed by atoms with Gasteiger partial charge in [-0.25, -0.2) is 4.39 Å². The predicted octanol–water partition coefficient (Wildman–Crippen LogP) is 4.30. The zero-order valence-electron chi connectivity index (χ0n) is 9.15. The van der Waals surface area contributed by atoms with E-state index in [-0.39, 0.29) is 5.82 Å². The van der Waals surface area contributed by atoms with Crippen molar-refractivity contribution in [3.05, 3.63) is 71.0 Å². The summed E-state index contributed by atoms with van der Waals surface area (Å²) < 4.78 is 13.5. The fourth-order valence-electron chi connectivity index (χ4n) is 1.52. The van der Waals surface area contributed by atoms with Crippen LogP contribution in [-0.2, 0) is 0 Å². The Morgan fingerprint density at radius 1 is 0.938 bits per heavy atom. The van der Waals surface area contributed by atoms with Crippen molar-refractivity contribution in [1.82, 2.24) is 0 Å². The van der Waals surface area contributed by atoms with E-state index in [4.69, 9.17) is 0 Å². The van der Waals surface area contributed by atoms with Crippen molar-refractivity contribution < 1.29 is 4.39 Å². The van der Waals surface area contributed by atoms with Crippen molar-refractivity contribution in [2.45, 2.75) is 6.92 Å². The van der Waals surface area contributed by atoms with E-state index >= 15 is 0 Å². The summed E-state index contributed by atoms with van der Waals surface area (Å²) in [5.41, 5.74) is 2.63. The topological polar surface area (TPSA) is 0 Å². The van der Waals surface area contributed by atoms with Gasteiger partial charge in [0.1, 0.15) is 5.82 Å². The molecule has 0 bridgehead atoms. The molecule has 0 saturated carbocycles. The van der Waals surface area contributed by atoms with Crippen molar-refractivity contribution >= 4 is 12.2 Å². The number of halogens is 1. The zero-order valence-corrected chi connectivity index (χ0v) is 9.15. The molecule has 2 aromatic carbocycles. The molecule has 0 aliphatic heterocycles. The lowest BCUT2D eigenvalue weighted by Crippen LogP contribution is -1.82. The van der Waals surface area contributed by atoms with Crippen LogP contribution in [0.5, 0.6) is 0 Å². The summed E-state index contributed by atoms with van der Waals surface area (Å²) in [7, 11) is 0. The van der Waals surface area contributed by atoms with Gasteiger partial charge in [0.15, 0.2) is 0 Å². The molecule has 80 valence electrons. The first-order valence-corrected chi connectivity index (χ1v) is 5.25. The second-order valence-corrected chi connectivity index (χ2v) is 3.77. The van der Waals surface area contributed by atoms with Gasteiger partial charge in [-0.1, -0.05) is 54.6 Å². The molecule has 2 aromatic rings. The van der Waals surface area contributed by atoms with Gasteiger partial charge in [0, 0.05) is 5.56 Å². The number of hydrogen-bond acceptors (Lipinski definition) is 0. The first-order chi connectivity index (χ1) is 7.75. The van der Waals surface area contributed by atoms with Gasteiger partial charge in [-0.05, 0) is 24.1 Å². The van der Waals surface area contributed by atoms with Crippen molar-refractivity contribution in [2.75, 3.05) is 0 Å². The van der Waals surface area contributed by atoms with Crippen LogP contribution in [0.1, 0.15) is 16.7 Å². The van der Waals surface area contributed by atoms with Gasteiger partial charge in [-0.15, -0.1) is 0 Å². The Labute approximate surface area is 95.1 Å². The summed E-state index contributed by atoms with van der Waals surface area (Å²) in [6.07, 6.45) is 3.71. The van der Waals surface area contributed by atoms with E-state index in [2.05, 4.69) is 0 Å². The Morgan fingerprint density at radius 2 is 1.69 bits per heavy atom. The third kappa shape index (κ3) is 2.57. The molecular formula is C15H13F. The molecule has 0 radical (unpaired) electrons. The summed E-state index contributed by atoms with van der Waals surface area (Å²) in [5, 5.41) is 0. The lowest BCUT2D eigenvalue weighted by molar-refractivity contribution is 0.624. The Hall–Kier alpha value is -1.89. The highest BCUT2D eigenvalue weighted by molar-refractivity contribution is 5.69. The van der Waals surface area contributed by atoms with Crippen molar-refractivity contribution in [3.63, 3.8) is 0 Å². The number of benzene rings is 2. The van der Waals surface area contributed by atoms with Crippen LogP contribution in [0.3, 0.4) is 0 Å². The molecule has 0 unspecified atom stereocenters. The van der Waals surface area contributed by atoms with Gasteiger partial charge in [0.25, 0.3) is 0 Å². The third-order valence-corrected chi connectivity index (χ3v) is 2.41. The van der Waals surface area contributed by atoms with Crippen molar-refractivity contribution in [3.8, 4) is 0 Å². The average Bonchev–Trinajstić information content (AvgIpc) is 2.29. The fourth-order valence-corrected chi connectivity index (χ4v) is 1.52. The van der Waals surface area contributed by atoms with Crippen LogP contribution in [0.15, 0.2) is 48.5 Å². The lowest BCUT2D eigenvalue weighted by atomic mass is 10.1. The average molecular weight is 212 g/mol. The largest absolute Gasteiger partial charge is 0.206 e. The number of aryl methyl sites for hydroxylation is 1. The SMILES string of the molecule is Cc1ccc(/C=C/c2ccccc2)c(F)c1. The van der Waals surface area contributed by atoms with E-state index < -0.39 is 0 Å². The molecule has 0 heterocycles. The molecule has 0 fully saturated rings. The minimum atomic E-state index is -0.174. The molecule has 1 heteroatoms. The standard InChI is InChI=1S/C15H13F/c1-12-7-9-14(15(16)11-12)10-8-13-5-3-2-4-6-13/h2-11H,1H3/b10-8+. The van der Waals surface area contributed by atoms with E-state index in [1.54, 1.807) is 18.2 Å². The highest BCUT2D eigenvalue weighted by Crippen LogP contribution is 2.13. The molecule has 0 saturated heterocycles. The lowest BCUT2D eigenvalue weighted by Gasteiger charge is -1.98. The van der Waals surface area contributed by atoms with Crippen LogP contribution in [0.25, 0.3) is 12.2 Å². The maximum absolute atomic E-state index is 13.5. The van der Waals surface area contributed by atoms with Gasteiger partial charge < -0.3 is 0 Å². The second-order valence-electron chi connectivity index (χ2n) is 3.77. The monoisotopic (exact) mass is 212 g/mol. The zero-order chi connectivity index (χ0) is 11.4. The Balaban J connectivity index is 2.24. The molecule has 16 heavy (non-hydrogen) atoms. The number of rotatable bonds is 2. The maximum Gasteiger partial charge on any atom is 0.130 e. The van der Waals surface area contributed by atoms with Gasteiger partial charge in [-0.3, -0.25) is 0 Å². The maximum atomic E-state index is 13.5. The molecule has 0 atom stereocenters. The van der Waals surface area contributed by atoms with Crippen LogP contribution in [0.2, 0.25) is 0 Å². The Kier molecular flexibility index (Phi) is 3.16. The van der Waals surface area contributed by atoms with Gasteiger partial charge in [-0.2, -0.15) is 0 Å². The Morgan fingerprint density at radius 3 is 2.38 bits per heavy atom. The van der Waals surface area contributed by atoms with E-state index in [9.17, 15) is 4.39 Å². The summed E-state index contributed by atoms with van der Waals surface area (Å²) >= 11 is 0. The van der Waals surface area contributed by atoms with Crippen LogP contribution in [-0.4, -0.2) is 0 Å². The van der Waals surface area contributed by atoms with Crippen LogP contribution < -0.4 is 0 Å². The summed E-state index contributed by atoms with van der Waals surface area (Å²) in [6, 6.07) is 15.1. The summed E-state index contributed by atoms with van der Waals surface area (Å²) in [4.78, 5) is 0. The minimum Gasteiger partial charge on any atom is -0.206 e. The second kappa shape index (κ2) is 4.75. The fraction of sp³-hybridized carbons (Fsp3) is 0.0667.